The van der Waals surface area contributed by atoms with Crippen molar-refractivity contribution in [2.45, 2.75) is 0 Å². The lowest BCUT2D eigenvalue weighted by Crippen LogP contribution is -2.09. The van der Waals surface area contributed by atoms with Crippen molar-refractivity contribution in [3.05, 3.63) is 88.7 Å². The van der Waals surface area contributed by atoms with E-state index in [-0.39, 0.29) is 5.78 Å². The monoisotopic (exact) mass is 395 g/mol. The highest BCUT2D eigenvalue weighted by molar-refractivity contribution is 6.31. The molecule has 0 fully saturated rings. The molecule has 6 heteroatoms. The fourth-order valence-corrected chi connectivity index (χ4v) is 3.02. The van der Waals surface area contributed by atoms with Crippen LogP contribution in [0.15, 0.2) is 66.9 Å². The van der Waals surface area contributed by atoms with E-state index >= 15 is 0 Å². The summed E-state index contributed by atoms with van der Waals surface area (Å²) in [7, 11) is 2.83. The van der Waals surface area contributed by atoms with Crippen molar-refractivity contribution in [3.8, 4) is 11.4 Å². The third kappa shape index (κ3) is 4.00. The normalized spacial score (nSPS) is 10.8. The minimum atomic E-state index is -0.464. The Kier molecular flexibility index (Phi) is 5.96. The molecule has 0 saturated carbocycles. The number of ketones is 1. The SMILES string of the molecule is COC(=O)/C=C/c1cccn1-c1ccc(Cl)cc1C(=O)c1ccccc1OC. The smallest absolute Gasteiger partial charge is 0.330 e. The Morgan fingerprint density at radius 3 is 2.54 bits per heavy atom. The Bertz CT molecular complexity index is 1050. The van der Waals surface area contributed by atoms with Crippen LogP contribution in [0.2, 0.25) is 5.02 Å². The number of hydrogen-bond donors (Lipinski definition) is 0. The second-order valence-electron chi connectivity index (χ2n) is 5.85. The summed E-state index contributed by atoms with van der Waals surface area (Å²) >= 11 is 6.18. The van der Waals surface area contributed by atoms with Crippen LogP contribution < -0.4 is 4.74 Å². The third-order valence-corrected chi connectivity index (χ3v) is 4.42. The second-order valence-corrected chi connectivity index (χ2v) is 6.29. The van der Waals surface area contributed by atoms with Gasteiger partial charge < -0.3 is 14.0 Å². The maximum Gasteiger partial charge on any atom is 0.330 e. The van der Waals surface area contributed by atoms with Crippen LogP contribution in [0.5, 0.6) is 5.75 Å². The number of nitrogens with zero attached hydrogens (tertiary/aromatic N) is 1. The number of rotatable bonds is 6. The lowest BCUT2D eigenvalue weighted by Gasteiger charge is -2.14. The topological polar surface area (TPSA) is 57.5 Å². The molecule has 1 heterocycles. The van der Waals surface area contributed by atoms with Crippen LogP contribution in [0.3, 0.4) is 0 Å². The second kappa shape index (κ2) is 8.59. The molecule has 0 N–H and O–H groups in total. The van der Waals surface area contributed by atoms with Crippen LogP contribution >= 0.6 is 11.6 Å². The molecule has 0 radical (unpaired) electrons. The molecular weight excluding hydrogens is 378 g/mol. The number of aromatic nitrogens is 1. The molecule has 0 aliphatic carbocycles. The molecule has 142 valence electrons. The zero-order chi connectivity index (χ0) is 20.1. The van der Waals surface area contributed by atoms with Crippen molar-refractivity contribution in [2.24, 2.45) is 0 Å². The van der Waals surface area contributed by atoms with Gasteiger partial charge in [0.15, 0.2) is 5.78 Å². The largest absolute Gasteiger partial charge is 0.496 e. The number of ether oxygens (including phenoxy) is 2. The number of halogens is 1. The standard InChI is InChI=1S/C22H18ClNO4/c1-27-20-8-4-3-7-17(20)22(26)18-14-15(23)9-11-19(18)24-13-5-6-16(24)10-12-21(25)28-2/h3-14H,1-2H3/b12-10+. The fraction of sp³-hybridized carbons (Fsp3) is 0.0909. The molecule has 1 aromatic heterocycles. The quantitative estimate of drug-likeness (QED) is 0.349. The predicted octanol–water partition coefficient (Wildman–Crippen LogP) is 4.56. The lowest BCUT2D eigenvalue weighted by atomic mass is 10.0. The summed E-state index contributed by atoms with van der Waals surface area (Å²) in [6, 6.07) is 15.8. The summed E-state index contributed by atoms with van der Waals surface area (Å²) in [6.45, 7) is 0. The number of para-hydroxylation sites is 1. The molecule has 5 nitrogen and oxygen atoms in total. The van der Waals surface area contributed by atoms with Crippen molar-refractivity contribution in [3.63, 3.8) is 0 Å². The highest BCUT2D eigenvalue weighted by Crippen LogP contribution is 2.28. The van der Waals surface area contributed by atoms with E-state index in [2.05, 4.69) is 4.74 Å². The van der Waals surface area contributed by atoms with Crippen molar-refractivity contribution < 1.29 is 19.1 Å². The van der Waals surface area contributed by atoms with Crippen LogP contribution in [-0.4, -0.2) is 30.5 Å². The van der Waals surface area contributed by atoms with E-state index < -0.39 is 5.97 Å². The highest BCUT2D eigenvalue weighted by Gasteiger charge is 2.19. The van der Waals surface area contributed by atoms with Crippen molar-refractivity contribution in [1.82, 2.24) is 4.57 Å². The van der Waals surface area contributed by atoms with Gasteiger partial charge >= 0.3 is 5.97 Å². The molecule has 0 atom stereocenters. The zero-order valence-corrected chi connectivity index (χ0v) is 16.1. The van der Waals surface area contributed by atoms with E-state index in [0.717, 1.165) is 0 Å². The molecule has 0 saturated heterocycles. The average molecular weight is 396 g/mol. The fourth-order valence-electron chi connectivity index (χ4n) is 2.85. The molecule has 0 aliphatic heterocycles. The molecule has 2 aromatic carbocycles. The zero-order valence-electron chi connectivity index (χ0n) is 15.4. The number of carbonyl (C=O) groups excluding carboxylic acids is 2. The van der Waals surface area contributed by atoms with Gasteiger partial charge in [0.05, 0.1) is 25.5 Å². The molecule has 0 amide bonds. The van der Waals surface area contributed by atoms with Crippen LogP contribution in [-0.2, 0) is 9.53 Å². The molecule has 3 aromatic rings. The third-order valence-electron chi connectivity index (χ3n) is 4.19. The molecular formula is C22H18ClNO4. The number of hydrogen-bond acceptors (Lipinski definition) is 4. The molecule has 3 rings (SSSR count). The van der Waals surface area contributed by atoms with Crippen LogP contribution in [0.4, 0.5) is 0 Å². The van der Waals surface area contributed by atoms with Gasteiger partial charge in [0, 0.05) is 28.6 Å². The Balaban J connectivity index is 2.11. The van der Waals surface area contributed by atoms with Gasteiger partial charge in [0.1, 0.15) is 5.75 Å². The Hall–Kier alpha value is -3.31. The van der Waals surface area contributed by atoms with E-state index in [0.29, 0.717) is 33.3 Å². The van der Waals surface area contributed by atoms with E-state index in [9.17, 15) is 9.59 Å². The highest BCUT2D eigenvalue weighted by atomic mass is 35.5. The molecule has 0 aliphatic rings. The van der Waals surface area contributed by atoms with Crippen molar-refractivity contribution in [2.75, 3.05) is 14.2 Å². The number of methoxy groups -OCH3 is 2. The summed E-state index contributed by atoms with van der Waals surface area (Å²) in [4.78, 5) is 24.7. The first-order chi connectivity index (χ1) is 13.5. The van der Waals surface area contributed by atoms with Gasteiger partial charge in [0.2, 0.25) is 0 Å². The predicted molar refractivity (Wildman–Crippen MR) is 108 cm³/mol. The van der Waals surface area contributed by atoms with E-state index in [1.807, 2.05) is 12.1 Å². The Morgan fingerprint density at radius 1 is 1.00 bits per heavy atom. The van der Waals surface area contributed by atoms with E-state index in [1.54, 1.807) is 59.3 Å². The number of esters is 1. The summed E-state index contributed by atoms with van der Waals surface area (Å²) in [5.74, 6) is -0.197. The summed E-state index contributed by atoms with van der Waals surface area (Å²) in [5.41, 5.74) is 2.20. The van der Waals surface area contributed by atoms with Crippen LogP contribution in [0.25, 0.3) is 11.8 Å². The molecule has 0 bridgehead atoms. The van der Waals surface area contributed by atoms with Crippen molar-refractivity contribution in [1.29, 1.82) is 0 Å². The summed E-state index contributed by atoms with van der Waals surface area (Å²) < 4.78 is 11.8. The lowest BCUT2D eigenvalue weighted by molar-refractivity contribution is -0.134. The van der Waals surface area contributed by atoms with Gasteiger partial charge in [-0.2, -0.15) is 0 Å². The number of benzene rings is 2. The van der Waals surface area contributed by atoms with Crippen molar-refractivity contribution >= 4 is 29.4 Å². The first-order valence-electron chi connectivity index (χ1n) is 8.46. The minimum Gasteiger partial charge on any atom is -0.496 e. The molecule has 28 heavy (non-hydrogen) atoms. The van der Waals surface area contributed by atoms with E-state index in [4.69, 9.17) is 16.3 Å². The van der Waals surface area contributed by atoms with E-state index in [1.165, 1.54) is 20.3 Å². The average Bonchev–Trinajstić information content (AvgIpc) is 3.19. The van der Waals surface area contributed by atoms with Gasteiger partial charge in [-0.1, -0.05) is 23.7 Å². The number of carbonyl (C=O) groups is 2. The van der Waals surface area contributed by atoms with Gasteiger partial charge in [-0.3, -0.25) is 4.79 Å². The van der Waals surface area contributed by atoms with Gasteiger partial charge in [0.25, 0.3) is 0 Å². The van der Waals surface area contributed by atoms with Gasteiger partial charge in [-0.15, -0.1) is 0 Å². The summed E-state index contributed by atoms with van der Waals surface area (Å²) in [6.07, 6.45) is 4.75. The minimum absolute atomic E-state index is 0.216. The van der Waals surface area contributed by atoms with Crippen LogP contribution in [0.1, 0.15) is 21.6 Å². The maximum atomic E-state index is 13.3. The van der Waals surface area contributed by atoms with Gasteiger partial charge in [-0.05, 0) is 48.5 Å². The van der Waals surface area contributed by atoms with Gasteiger partial charge in [-0.25, -0.2) is 4.79 Å². The Morgan fingerprint density at radius 2 is 1.79 bits per heavy atom. The Labute approximate surface area is 167 Å². The molecule has 0 spiro atoms. The first kappa shape index (κ1) is 19.5. The first-order valence-corrected chi connectivity index (χ1v) is 8.84. The maximum absolute atomic E-state index is 13.3. The molecule has 0 unspecified atom stereocenters. The van der Waals surface area contributed by atoms with Crippen LogP contribution in [0, 0.1) is 0 Å². The summed E-state index contributed by atoms with van der Waals surface area (Å²) in [5, 5.41) is 0.445.